The van der Waals surface area contributed by atoms with Crippen molar-refractivity contribution in [3.8, 4) is 0 Å². The molecule has 1 aromatic rings. The first-order chi connectivity index (χ1) is 9.78. The smallest absolute Gasteiger partial charge is 0.146 e. The Hall–Kier alpha value is -1.13. The highest BCUT2D eigenvalue weighted by molar-refractivity contribution is 5.50. The van der Waals surface area contributed by atoms with Crippen LogP contribution in [0.1, 0.15) is 24.8 Å². The highest BCUT2D eigenvalue weighted by Crippen LogP contribution is 2.27. The lowest BCUT2D eigenvalue weighted by atomic mass is 9.99. The number of anilines is 1. The van der Waals surface area contributed by atoms with Crippen LogP contribution < -0.4 is 10.2 Å². The van der Waals surface area contributed by atoms with Gasteiger partial charge in [-0.3, -0.25) is 4.90 Å². The molecule has 2 saturated heterocycles. The zero-order valence-corrected chi connectivity index (χ0v) is 12.2. The minimum atomic E-state index is -0.0815. The van der Waals surface area contributed by atoms with Gasteiger partial charge in [-0.25, -0.2) is 4.39 Å². The summed E-state index contributed by atoms with van der Waals surface area (Å²) in [5, 5.41) is 3.06. The molecule has 20 heavy (non-hydrogen) atoms. The van der Waals surface area contributed by atoms with Gasteiger partial charge in [-0.2, -0.15) is 0 Å². The molecule has 0 spiro atoms. The fourth-order valence-corrected chi connectivity index (χ4v) is 3.50. The van der Waals surface area contributed by atoms with Gasteiger partial charge in [0.2, 0.25) is 0 Å². The summed E-state index contributed by atoms with van der Waals surface area (Å²) in [5.74, 6) is -0.0815. The molecule has 0 amide bonds. The fraction of sp³-hybridized carbons (Fsp3) is 0.625. The van der Waals surface area contributed by atoms with Gasteiger partial charge in [0.25, 0.3) is 0 Å². The van der Waals surface area contributed by atoms with Gasteiger partial charge in [-0.15, -0.1) is 0 Å². The van der Waals surface area contributed by atoms with E-state index in [1.54, 1.807) is 6.07 Å². The Morgan fingerprint density at radius 1 is 1.25 bits per heavy atom. The van der Waals surface area contributed by atoms with Crippen LogP contribution in [-0.2, 0) is 6.54 Å². The van der Waals surface area contributed by atoms with Crippen LogP contribution in [0.2, 0.25) is 0 Å². The largest absolute Gasteiger partial charge is 0.366 e. The molecular formula is C16H24FN3. The Morgan fingerprint density at radius 2 is 2.15 bits per heavy atom. The number of nitrogens with one attached hydrogen (secondary N) is 1. The standard InChI is InChI=1S/C16H24FN3/c1-18-11-13-5-6-16(15(17)10-13)20-9-8-19-7-3-2-4-14(19)12-20/h5-6,10,14,18H,2-4,7-9,11-12H2,1H3. The predicted molar refractivity (Wildman–Crippen MR) is 80.6 cm³/mol. The van der Waals surface area contributed by atoms with Crippen LogP contribution in [-0.4, -0.2) is 44.2 Å². The number of piperazine rings is 1. The lowest BCUT2D eigenvalue weighted by Gasteiger charge is -2.45. The zero-order chi connectivity index (χ0) is 13.9. The van der Waals surface area contributed by atoms with Crippen molar-refractivity contribution >= 4 is 5.69 Å². The number of hydrogen-bond acceptors (Lipinski definition) is 3. The lowest BCUT2D eigenvalue weighted by molar-refractivity contribution is 0.133. The zero-order valence-electron chi connectivity index (χ0n) is 12.2. The molecule has 110 valence electrons. The van der Waals surface area contributed by atoms with Crippen molar-refractivity contribution in [3.63, 3.8) is 0 Å². The Labute approximate surface area is 120 Å². The van der Waals surface area contributed by atoms with Crippen LogP contribution in [0.5, 0.6) is 0 Å². The van der Waals surface area contributed by atoms with Crippen molar-refractivity contribution in [1.82, 2.24) is 10.2 Å². The monoisotopic (exact) mass is 277 g/mol. The van der Waals surface area contributed by atoms with E-state index in [1.807, 2.05) is 19.2 Å². The molecule has 2 aliphatic rings. The van der Waals surface area contributed by atoms with Crippen molar-refractivity contribution in [2.24, 2.45) is 0 Å². The van der Waals surface area contributed by atoms with Crippen LogP contribution >= 0.6 is 0 Å². The number of rotatable bonds is 3. The summed E-state index contributed by atoms with van der Waals surface area (Å²) in [5.41, 5.74) is 1.78. The SMILES string of the molecule is CNCc1ccc(N2CCN3CCCCC3C2)c(F)c1. The van der Waals surface area contributed by atoms with Gasteiger partial charge in [0.1, 0.15) is 5.82 Å². The van der Waals surface area contributed by atoms with Crippen LogP contribution in [0.3, 0.4) is 0 Å². The number of halogens is 1. The summed E-state index contributed by atoms with van der Waals surface area (Å²) in [6.07, 6.45) is 3.90. The van der Waals surface area contributed by atoms with Gasteiger partial charge >= 0.3 is 0 Å². The summed E-state index contributed by atoms with van der Waals surface area (Å²) in [7, 11) is 1.88. The quantitative estimate of drug-likeness (QED) is 0.914. The number of nitrogens with zero attached hydrogens (tertiary/aromatic N) is 2. The van der Waals surface area contributed by atoms with Gasteiger partial charge in [0.05, 0.1) is 5.69 Å². The van der Waals surface area contributed by atoms with Crippen LogP contribution in [0.15, 0.2) is 18.2 Å². The molecule has 0 aromatic heterocycles. The van der Waals surface area contributed by atoms with Crippen molar-refractivity contribution < 1.29 is 4.39 Å². The molecule has 1 unspecified atom stereocenters. The molecule has 2 heterocycles. The summed E-state index contributed by atoms with van der Waals surface area (Å²) in [6.45, 7) is 4.93. The minimum Gasteiger partial charge on any atom is -0.366 e. The van der Waals surface area contributed by atoms with Gasteiger partial charge in [-0.1, -0.05) is 12.5 Å². The summed E-state index contributed by atoms with van der Waals surface area (Å²) < 4.78 is 14.3. The molecule has 3 rings (SSSR count). The van der Waals surface area contributed by atoms with E-state index in [-0.39, 0.29) is 5.82 Å². The molecule has 0 radical (unpaired) electrons. The lowest BCUT2D eigenvalue weighted by Crippen LogP contribution is -2.55. The number of hydrogen-bond donors (Lipinski definition) is 1. The third kappa shape index (κ3) is 2.81. The van der Waals surface area contributed by atoms with E-state index in [0.717, 1.165) is 30.9 Å². The maximum absolute atomic E-state index is 14.3. The van der Waals surface area contributed by atoms with E-state index in [2.05, 4.69) is 15.1 Å². The Kier molecular flexibility index (Phi) is 4.22. The van der Waals surface area contributed by atoms with Crippen molar-refractivity contribution in [3.05, 3.63) is 29.6 Å². The van der Waals surface area contributed by atoms with Crippen molar-refractivity contribution in [2.75, 3.05) is 38.1 Å². The maximum atomic E-state index is 14.3. The van der Waals surface area contributed by atoms with Gasteiger partial charge < -0.3 is 10.2 Å². The van der Waals surface area contributed by atoms with E-state index in [0.29, 0.717) is 12.6 Å². The highest BCUT2D eigenvalue weighted by Gasteiger charge is 2.29. The maximum Gasteiger partial charge on any atom is 0.146 e. The summed E-state index contributed by atoms with van der Waals surface area (Å²) >= 11 is 0. The molecule has 1 atom stereocenters. The van der Waals surface area contributed by atoms with Gasteiger partial charge in [0.15, 0.2) is 0 Å². The topological polar surface area (TPSA) is 18.5 Å². The second-order valence-corrected chi connectivity index (χ2v) is 5.95. The minimum absolute atomic E-state index is 0.0815. The van der Waals surface area contributed by atoms with Gasteiger partial charge in [0, 0.05) is 32.2 Å². The average molecular weight is 277 g/mol. The predicted octanol–water partition coefficient (Wildman–Crippen LogP) is 2.22. The molecule has 3 nitrogen and oxygen atoms in total. The fourth-order valence-electron chi connectivity index (χ4n) is 3.50. The van der Waals surface area contributed by atoms with Crippen molar-refractivity contribution in [1.29, 1.82) is 0 Å². The van der Waals surface area contributed by atoms with Crippen LogP contribution in [0, 0.1) is 5.82 Å². The second kappa shape index (κ2) is 6.10. The molecule has 0 saturated carbocycles. The average Bonchev–Trinajstić information content (AvgIpc) is 2.47. The van der Waals surface area contributed by atoms with E-state index >= 15 is 0 Å². The third-order valence-electron chi connectivity index (χ3n) is 4.57. The van der Waals surface area contributed by atoms with Crippen LogP contribution in [0.25, 0.3) is 0 Å². The molecular weight excluding hydrogens is 253 g/mol. The first kappa shape index (κ1) is 13.8. The van der Waals surface area contributed by atoms with E-state index in [9.17, 15) is 4.39 Å². The van der Waals surface area contributed by atoms with Crippen LogP contribution in [0.4, 0.5) is 10.1 Å². The van der Waals surface area contributed by atoms with E-state index in [1.165, 1.54) is 25.8 Å². The van der Waals surface area contributed by atoms with Crippen molar-refractivity contribution in [2.45, 2.75) is 31.8 Å². The molecule has 2 aliphatic heterocycles. The third-order valence-corrected chi connectivity index (χ3v) is 4.57. The number of benzene rings is 1. The molecule has 1 N–H and O–H groups in total. The molecule has 4 heteroatoms. The number of fused-ring (bicyclic) bond motifs is 1. The Morgan fingerprint density at radius 3 is 2.95 bits per heavy atom. The highest BCUT2D eigenvalue weighted by atomic mass is 19.1. The second-order valence-electron chi connectivity index (χ2n) is 5.95. The van der Waals surface area contributed by atoms with E-state index < -0.39 is 0 Å². The Bertz CT molecular complexity index is 463. The van der Waals surface area contributed by atoms with Gasteiger partial charge in [-0.05, 0) is 44.1 Å². The van der Waals surface area contributed by atoms with E-state index in [4.69, 9.17) is 0 Å². The molecule has 0 bridgehead atoms. The molecule has 0 aliphatic carbocycles. The number of piperidine rings is 1. The normalized spacial score (nSPS) is 23.7. The first-order valence-corrected chi connectivity index (χ1v) is 7.70. The molecule has 2 fully saturated rings. The summed E-state index contributed by atoms with van der Waals surface area (Å²) in [4.78, 5) is 4.80. The Balaban J connectivity index is 1.72. The summed E-state index contributed by atoms with van der Waals surface area (Å²) in [6, 6.07) is 6.26. The first-order valence-electron chi connectivity index (χ1n) is 7.70. The molecule has 1 aromatic carbocycles.